The van der Waals surface area contributed by atoms with Gasteiger partial charge in [0.25, 0.3) is 0 Å². The van der Waals surface area contributed by atoms with E-state index >= 15 is 0 Å². The predicted molar refractivity (Wildman–Crippen MR) is 56.4 cm³/mol. The van der Waals surface area contributed by atoms with E-state index in [2.05, 4.69) is 0 Å². The Bertz CT molecular complexity index is 327. The number of rotatable bonds is 8. The SMILES string of the molecule is [2H]C([2H])([2H])C([2H])([2H])C([2H])([2H])CCCCC(CC)C(N)=O. The molecule has 78 valence electrons. The van der Waals surface area contributed by atoms with Crippen LogP contribution >= 0.6 is 0 Å². The van der Waals surface area contributed by atoms with Gasteiger partial charge in [0.2, 0.25) is 5.91 Å². The second kappa shape index (κ2) is 8.09. The first kappa shape index (κ1) is 4.81. The van der Waals surface area contributed by atoms with Crippen LogP contribution in [0.1, 0.15) is 68.2 Å². The summed E-state index contributed by atoms with van der Waals surface area (Å²) in [6, 6.07) is 0. The third-order valence-electron chi connectivity index (χ3n) is 2.09. The highest BCUT2D eigenvalue weighted by Crippen LogP contribution is 2.13. The fourth-order valence-corrected chi connectivity index (χ4v) is 1.21. The van der Waals surface area contributed by atoms with Crippen LogP contribution in [0.2, 0.25) is 0 Å². The summed E-state index contributed by atoms with van der Waals surface area (Å²) in [5, 5.41) is 0. The Labute approximate surface area is 91.7 Å². The molecule has 0 rings (SSSR count). The maximum Gasteiger partial charge on any atom is 0.220 e. The van der Waals surface area contributed by atoms with Crippen molar-refractivity contribution in [3.63, 3.8) is 0 Å². The third-order valence-corrected chi connectivity index (χ3v) is 2.09. The fraction of sp³-hybridized carbons (Fsp3) is 0.909. The van der Waals surface area contributed by atoms with Crippen molar-refractivity contribution in [1.82, 2.24) is 0 Å². The summed E-state index contributed by atoms with van der Waals surface area (Å²) < 4.78 is 51.4. The van der Waals surface area contributed by atoms with Crippen LogP contribution in [0.15, 0.2) is 0 Å². The lowest BCUT2D eigenvalue weighted by Crippen LogP contribution is -2.22. The summed E-state index contributed by atoms with van der Waals surface area (Å²) in [6.45, 7) is -1.17. The lowest BCUT2D eigenvalue weighted by molar-refractivity contribution is -0.122. The Morgan fingerprint density at radius 3 is 2.85 bits per heavy atom. The van der Waals surface area contributed by atoms with Gasteiger partial charge in [0.15, 0.2) is 0 Å². The molecule has 0 saturated carbocycles. The number of carbonyl (C=O) groups excluding carboxylic acids is 1. The van der Waals surface area contributed by atoms with Crippen molar-refractivity contribution >= 4 is 5.91 Å². The van der Waals surface area contributed by atoms with Crippen molar-refractivity contribution in [3.05, 3.63) is 0 Å². The molecule has 13 heavy (non-hydrogen) atoms. The molecule has 0 aliphatic heterocycles. The molecule has 2 N–H and O–H groups in total. The van der Waals surface area contributed by atoms with Gasteiger partial charge in [0.05, 0.1) is 0 Å². The molecule has 0 radical (unpaired) electrons. The van der Waals surface area contributed by atoms with Crippen LogP contribution in [0.25, 0.3) is 0 Å². The highest BCUT2D eigenvalue weighted by atomic mass is 16.1. The van der Waals surface area contributed by atoms with Crippen molar-refractivity contribution in [2.75, 3.05) is 0 Å². The molecule has 1 atom stereocenters. The molecule has 0 saturated heterocycles. The van der Waals surface area contributed by atoms with Crippen molar-refractivity contribution in [2.24, 2.45) is 11.7 Å². The van der Waals surface area contributed by atoms with Gasteiger partial charge in [-0.25, -0.2) is 0 Å². The normalized spacial score (nSPS) is 23.9. The highest BCUT2D eigenvalue weighted by molar-refractivity contribution is 5.76. The van der Waals surface area contributed by atoms with E-state index in [1.807, 2.05) is 6.92 Å². The molecule has 0 fully saturated rings. The molecule has 2 heteroatoms. The number of amides is 1. The maximum atomic E-state index is 11.0. The lowest BCUT2D eigenvalue weighted by Gasteiger charge is -2.09. The van der Waals surface area contributed by atoms with E-state index in [0.717, 1.165) is 0 Å². The summed E-state index contributed by atoms with van der Waals surface area (Å²) in [7, 11) is 0. The first-order valence-electron chi connectivity index (χ1n) is 8.16. The fourth-order valence-electron chi connectivity index (χ4n) is 1.21. The summed E-state index contributed by atoms with van der Waals surface area (Å²) in [4.78, 5) is 11.0. The van der Waals surface area contributed by atoms with Gasteiger partial charge in [-0.2, -0.15) is 0 Å². The van der Waals surface area contributed by atoms with Gasteiger partial charge in [-0.3, -0.25) is 4.79 Å². The average Bonchev–Trinajstić information content (AvgIpc) is 2.26. The van der Waals surface area contributed by atoms with Crippen molar-refractivity contribution < 1.29 is 14.4 Å². The van der Waals surface area contributed by atoms with Gasteiger partial charge in [0.1, 0.15) is 0 Å². The third kappa shape index (κ3) is 6.62. The van der Waals surface area contributed by atoms with Crippen LogP contribution in [-0.4, -0.2) is 5.91 Å². The van der Waals surface area contributed by atoms with Gasteiger partial charge in [-0.05, 0) is 12.8 Å². The van der Waals surface area contributed by atoms with Crippen LogP contribution in [0.4, 0.5) is 0 Å². The number of carbonyl (C=O) groups is 1. The number of primary amides is 1. The van der Waals surface area contributed by atoms with E-state index in [4.69, 9.17) is 15.3 Å². The maximum absolute atomic E-state index is 11.0. The van der Waals surface area contributed by atoms with Gasteiger partial charge < -0.3 is 5.73 Å². The molecular formula is C11H23NO. The van der Waals surface area contributed by atoms with E-state index in [9.17, 15) is 4.79 Å². The number of hydrogen-bond donors (Lipinski definition) is 1. The van der Waals surface area contributed by atoms with Crippen LogP contribution < -0.4 is 5.73 Å². The Hall–Kier alpha value is -0.530. The van der Waals surface area contributed by atoms with Crippen molar-refractivity contribution in [2.45, 2.75) is 58.6 Å². The first-order chi connectivity index (χ1) is 8.87. The molecule has 0 aromatic heterocycles. The van der Waals surface area contributed by atoms with Crippen molar-refractivity contribution in [3.8, 4) is 0 Å². The van der Waals surface area contributed by atoms with Gasteiger partial charge >= 0.3 is 0 Å². The molecule has 0 aromatic carbocycles. The lowest BCUT2D eigenvalue weighted by atomic mass is 9.97. The molecule has 2 nitrogen and oxygen atoms in total. The number of hydrogen-bond acceptors (Lipinski definition) is 1. The summed E-state index contributed by atoms with van der Waals surface area (Å²) >= 11 is 0. The zero-order valence-corrected chi connectivity index (χ0v) is 8.10. The highest BCUT2D eigenvalue weighted by Gasteiger charge is 2.11. The predicted octanol–water partition coefficient (Wildman–Crippen LogP) is 2.86. The summed E-state index contributed by atoms with van der Waals surface area (Å²) in [5.41, 5.74) is 5.19. The topological polar surface area (TPSA) is 43.1 Å². The average molecular weight is 192 g/mol. The Morgan fingerprint density at radius 2 is 2.31 bits per heavy atom. The number of unbranched alkanes of at least 4 members (excludes halogenated alkanes) is 1. The van der Waals surface area contributed by atoms with Crippen molar-refractivity contribution in [1.29, 1.82) is 0 Å². The standard InChI is InChI=1S/C11H23NO/c1-3-5-6-7-8-9-10(4-2)11(12)13/h10H,3-9H2,1-2H3,(H2,12,13)/i1D3,3D2,5D2. The van der Waals surface area contributed by atoms with E-state index in [1.54, 1.807) is 0 Å². The van der Waals surface area contributed by atoms with Crippen LogP contribution in [0.5, 0.6) is 0 Å². The van der Waals surface area contributed by atoms with Gasteiger partial charge in [-0.1, -0.05) is 45.8 Å². The summed E-state index contributed by atoms with van der Waals surface area (Å²) in [5.74, 6) is -0.659. The Morgan fingerprint density at radius 1 is 1.54 bits per heavy atom. The molecule has 0 aliphatic carbocycles. The monoisotopic (exact) mass is 192 g/mol. The Kier molecular flexibility index (Phi) is 2.99. The minimum absolute atomic E-state index is 0.201. The molecule has 0 aliphatic rings. The second-order valence-corrected chi connectivity index (χ2v) is 3.06. The van der Waals surface area contributed by atoms with Gasteiger partial charge in [-0.15, -0.1) is 0 Å². The van der Waals surface area contributed by atoms with E-state index in [1.165, 1.54) is 0 Å². The van der Waals surface area contributed by atoms with Crippen LogP contribution in [0.3, 0.4) is 0 Å². The molecule has 0 spiro atoms. The molecule has 0 heterocycles. The smallest absolute Gasteiger partial charge is 0.220 e. The first-order valence-corrected chi connectivity index (χ1v) is 4.66. The zero-order chi connectivity index (χ0) is 16.2. The second-order valence-electron chi connectivity index (χ2n) is 3.06. The quantitative estimate of drug-likeness (QED) is 0.590. The zero-order valence-electron chi connectivity index (χ0n) is 15.1. The largest absolute Gasteiger partial charge is 0.369 e. The van der Waals surface area contributed by atoms with Gasteiger partial charge in [0, 0.05) is 15.5 Å². The van der Waals surface area contributed by atoms with Crippen LogP contribution in [0, 0.1) is 5.92 Å². The minimum Gasteiger partial charge on any atom is -0.369 e. The van der Waals surface area contributed by atoms with Crippen LogP contribution in [-0.2, 0) is 4.79 Å². The molecule has 1 unspecified atom stereocenters. The van der Waals surface area contributed by atoms with E-state index < -0.39 is 25.5 Å². The molecular weight excluding hydrogens is 162 g/mol. The molecule has 0 aromatic rings. The van der Waals surface area contributed by atoms with E-state index in [0.29, 0.717) is 25.7 Å². The van der Waals surface area contributed by atoms with E-state index in [-0.39, 0.29) is 12.3 Å². The minimum atomic E-state index is -3.00. The Balaban J connectivity index is 4.41. The molecule has 0 bridgehead atoms. The number of nitrogens with two attached hydrogens (primary N) is 1. The molecule has 1 amide bonds. The summed E-state index contributed by atoms with van der Waals surface area (Å²) in [6.07, 6.45) is -3.59.